The van der Waals surface area contributed by atoms with Gasteiger partial charge in [0.25, 0.3) is 5.91 Å². The van der Waals surface area contributed by atoms with Gasteiger partial charge in [-0.3, -0.25) is 4.79 Å². The van der Waals surface area contributed by atoms with Crippen LogP contribution in [0.5, 0.6) is 5.75 Å². The molecule has 7 heteroatoms. The summed E-state index contributed by atoms with van der Waals surface area (Å²) >= 11 is 0. The zero-order valence-corrected chi connectivity index (χ0v) is 23.5. The molecule has 2 fully saturated rings. The second kappa shape index (κ2) is 10.2. The Morgan fingerprint density at radius 3 is 2.21 bits per heavy atom. The van der Waals surface area contributed by atoms with Crippen LogP contribution in [0, 0.1) is 0 Å². The number of hydrogen-bond acceptors (Lipinski definition) is 5. The second-order valence-electron chi connectivity index (χ2n) is 11.9. The Morgan fingerprint density at radius 1 is 0.947 bits per heavy atom. The molecule has 0 saturated carbocycles. The molecule has 2 saturated heterocycles. The summed E-state index contributed by atoms with van der Waals surface area (Å²) in [6, 6.07) is 18.1. The average Bonchev–Trinajstić information content (AvgIpc) is 3.32. The lowest BCUT2D eigenvalue weighted by molar-refractivity contribution is -0.162. The fourth-order valence-electron chi connectivity index (χ4n) is 6.07. The third kappa shape index (κ3) is 5.49. The van der Waals surface area contributed by atoms with Gasteiger partial charge < -0.3 is 19.3 Å². The fraction of sp³-hybridized carbons (Fsp3) is 0.484. The molecule has 3 aromatic rings. The van der Waals surface area contributed by atoms with Gasteiger partial charge in [-0.2, -0.15) is 5.10 Å². The molecular formula is C31H40N4O3. The highest BCUT2D eigenvalue weighted by Gasteiger charge is 2.41. The van der Waals surface area contributed by atoms with E-state index in [0.29, 0.717) is 0 Å². The number of para-hydroxylation sites is 2. The van der Waals surface area contributed by atoms with Gasteiger partial charge in [-0.15, -0.1) is 0 Å². The molecule has 0 aliphatic carbocycles. The normalized spacial score (nSPS) is 19.9. The predicted molar refractivity (Wildman–Crippen MR) is 150 cm³/mol. The van der Waals surface area contributed by atoms with Crippen molar-refractivity contribution in [2.75, 3.05) is 40.3 Å². The largest absolute Gasteiger partial charge is 0.494 e. The third-order valence-corrected chi connectivity index (χ3v) is 7.71. The highest BCUT2D eigenvalue weighted by molar-refractivity contribution is 5.94. The lowest BCUT2D eigenvalue weighted by Gasteiger charge is -2.45. The number of carbonyl (C=O) groups excluding carboxylic acids is 1. The molecule has 7 nitrogen and oxygen atoms in total. The summed E-state index contributed by atoms with van der Waals surface area (Å²) in [5.74, 6) is 1.12. The Bertz CT molecular complexity index is 1270. The smallest absolute Gasteiger partial charge is 0.253 e. The molecule has 38 heavy (non-hydrogen) atoms. The minimum atomic E-state index is -0.230. The van der Waals surface area contributed by atoms with Gasteiger partial charge in [-0.05, 0) is 77.9 Å². The molecule has 0 atom stereocenters. The van der Waals surface area contributed by atoms with Gasteiger partial charge in [0.15, 0.2) is 0 Å². The zero-order chi connectivity index (χ0) is 27.1. The topological polar surface area (TPSA) is 59.8 Å². The number of hydrogen-bond donors (Lipinski definition) is 0. The molecule has 2 aromatic carbocycles. The van der Waals surface area contributed by atoms with Crippen molar-refractivity contribution in [1.29, 1.82) is 0 Å². The van der Waals surface area contributed by atoms with Crippen molar-refractivity contribution in [3.8, 4) is 22.7 Å². The average molecular weight is 517 g/mol. The SMILES string of the molecule is COc1ccccc1-n1nc(C2CC(C)(C)OC(C)(C)C2)cc1-c1ccc(C(=O)N2CCN(C)CC2)cc1. The van der Waals surface area contributed by atoms with Crippen molar-refractivity contribution in [2.24, 2.45) is 0 Å². The number of benzene rings is 2. The van der Waals surface area contributed by atoms with E-state index in [2.05, 4.69) is 45.7 Å². The van der Waals surface area contributed by atoms with Gasteiger partial charge >= 0.3 is 0 Å². The minimum absolute atomic E-state index is 0.0928. The second-order valence-corrected chi connectivity index (χ2v) is 11.9. The van der Waals surface area contributed by atoms with Crippen LogP contribution in [-0.2, 0) is 4.74 Å². The number of piperazine rings is 1. The van der Waals surface area contributed by atoms with Crippen LogP contribution in [0.4, 0.5) is 0 Å². The van der Waals surface area contributed by atoms with Crippen LogP contribution in [-0.4, -0.2) is 77.0 Å². The first-order valence-electron chi connectivity index (χ1n) is 13.6. The summed E-state index contributed by atoms with van der Waals surface area (Å²) in [5, 5.41) is 5.16. The van der Waals surface area contributed by atoms with Gasteiger partial charge in [0, 0.05) is 43.2 Å². The van der Waals surface area contributed by atoms with E-state index in [9.17, 15) is 4.79 Å². The number of ether oxygens (including phenoxy) is 2. The molecule has 5 rings (SSSR count). The maximum Gasteiger partial charge on any atom is 0.253 e. The highest BCUT2D eigenvalue weighted by Crippen LogP contribution is 2.44. The van der Waals surface area contributed by atoms with Crippen LogP contribution in [0.3, 0.4) is 0 Å². The predicted octanol–water partition coefficient (Wildman–Crippen LogP) is 5.39. The highest BCUT2D eigenvalue weighted by atomic mass is 16.5. The number of likely N-dealkylation sites (N-methyl/N-ethyl adjacent to an activating group) is 1. The van der Waals surface area contributed by atoms with Gasteiger partial charge in [-0.1, -0.05) is 24.3 Å². The lowest BCUT2D eigenvalue weighted by atomic mass is 9.79. The molecule has 2 aliphatic heterocycles. The summed E-state index contributed by atoms with van der Waals surface area (Å²) in [6.07, 6.45) is 1.80. The van der Waals surface area contributed by atoms with Crippen LogP contribution >= 0.6 is 0 Å². The Morgan fingerprint density at radius 2 is 1.58 bits per heavy atom. The van der Waals surface area contributed by atoms with E-state index in [4.69, 9.17) is 14.6 Å². The zero-order valence-electron chi connectivity index (χ0n) is 23.5. The number of methoxy groups -OCH3 is 1. The van der Waals surface area contributed by atoms with Gasteiger partial charge in [-0.25, -0.2) is 4.68 Å². The summed E-state index contributed by atoms with van der Waals surface area (Å²) in [5.41, 5.74) is 4.18. The standard InChI is InChI=1S/C31H40N4O3/c1-30(2)20-24(21-31(3,4)38-30)25-19-27(35(32-25)26-9-7-8-10-28(26)37-6)22-11-13-23(14-12-22)29(36)34-17-15-33(5)16-18-34/h7-14,19,24H,15-18,20-21H2,1-6H3. The number of rotatable bonds is 5. The summed E-state index contributed by atoms with van der Waals surface area (Å²) in [4.78, 5) is 17.3. The first-order chi connectivity index (χ1) is 18.0. The van der Waals surface area contributed by atoms with Crippen LogP contribution in [0.25, 0.3) is 16.9 Å². The maximum atomic E-state index is 13.1. The first-order valence-corrected chi connectivity index (χ1v) is 13.6. The molecule has 3 heterocycles. The molecule has 1 aromatic heterocycles. The maximum absolute atomic E-state index is 13.1. The third-order valence-electron chi connectivity index (χ3n) is 7.71. The van der Waals surface area contributed by atoms with E-state index < -0.39 is 0 Å². The molecule has 202 valence electrons. The van der Waals surface area contributed by atoms with Crippen molar-refractivity contribution >= 4 is 5.91 Å². The van der Waals surface area contributed by atoms with Crippen LogP contribution < -0.4 is 4.74 Å². The first kappa shape index (κ1) is 26.4. The number of carbonyl (C=O) groups is 1. The summed E-state index contributed by atoms with van der Waals surface area (Å²) in [7, 11) is 3.78. The Hall–Kier alpha value is -3.16. The molecule has 0 unspecified atom stereocenters. The van der Waals surface area contributed by atoms with Crippen LogP contribution in [0.1, 0.15) is 62.5 Å². The number of amides is 1. The lowest BCUT2D eigenvalue weighted by Crippen LogP contribution is -2.47. The van der Waals surface area contributed by atoms with Gasteiger partial charge in [0.05, 0.1) is 29.7 Å². The quantitative estimate of drug-likeness (QED) is 0.455. The van der Waals surface area contributed by atoms with E-state index in [-0.39, 0.29) is 23.0 Å². The Kier molecular flexibility index (Phi) is 7.09. The number of nitrogens with zero attached hydrogens (tertiary/aromatic N) is 4. The monoisotopic (exact) mass is 516 g/mol. The molecule has 0 spiro atoms. The van der Waals surface area contributed by atoms with E-state index in [1.165, 1.54) is 0 Å². The summed E-state index contributed by atoms with van der Waals surface area (Å²) < 4.78 is 14.0. The van der Waals surface area contributed by atoms with Crippen LogP contribution in [0.2, 0.25) is 0 Å². The molecule has 0 N–H and O–H groups in total. The van der Waals surface area contributed by atoms with Crippen molar-refractivity contribution in [1.82, 2.24) is 19.6 Å². The summed E-state index contributed by atoms with van der Waals surface area (Å²) in [6.45, 7) is 12.0. The molecule has 0 radical (unpaired) electrons. The van der Waals surface area contributed by atoms with Crippen LogP contribution in [0.15, 0.2) is 54.6 Å². The van der Waals surface area contributed by atoms with Crippen molar-refractivity contribution in [2.45, 2.75) is 57.7 Å². The van der Waals surface area contributed by atoms with E-state index in [1.54, 1.807) is 7.11 Å². The van der Waals surface area contributed by atoms with Gasteiger partial charge in [0.2, 0.25) is 0 Å². The molecule has 2 aliphatic rings. The molecular weight excluding hydrogens is 476 g/mol. The minimum Gasteiger partial charge on any atom is -0.494 e. The number of aromatic nitrogens is 2. The van der Waals surface area contributed by atoms with E-state index in [1.807, 2.05) is 58.1 Å². The molecule has 1 amide bonds. The van der Waals surface area contributed by atoms with E-state index in [0.717, 1.165) is 73.0 Å². The van der Waals surface area contributed by atoms with E-state index >= 15 is 0 Å². The van der Waals surface area contributed by atoms with Gasteiger partial charge in [0.1, 0.15) is 11.4 Å². The van der Waals surface area contributed by atoms with Crippen molar-refractivity contribution in [3.63, 3.8) is 0 Å². The molecule has 0 bridgehead atoms. The Balaban J connectivity index is 1.52. The van der Waals surface area contributed by atoms with Crippen molar-refractivity contribution in [3.05, 3.63) is 65.9 Å². The van der Waals surface area contributed by atoms with Crippen molar-refractivity contribution < 1.29 is 14.3 Å². The fourth-order valence-corrected chi connectivity index (χ4v) is 6.07. The Labute approximate surface area is 226 Å².